The van der Waals surface area contributed by atoms with Crippen LogP contribution in [-0.2, 0) is 0 Å². The van der Waals surface area contributed by atoms with Crippen molar-refractivity contribution in [3.8, 4) is 17.1 Å². The second-order valence-corrected chi connectivity index (χ2v) is 8.06. The number of thiocarbonyl (C=S) groups is 1. The van der Waals surface area contributed by atoms with E-state index in [0.29, 0.717) is 22.4 Å². The lowest BCUT2D eigenvalue weighted by atomic mass is 10.0. The number of hydrogen-bond donors (Lipinski definition) is 1. The summed E-state index contributed by atoms with van der Waals surface area (Å²) in [5.74, 6) is 1.95. The molecule has 0 bridgehead atoms. The monoisotopic (exact) mass is 472 g/mol. The summed E-state index contributed by atoms with van der Waals surface area (Å²) < 4.78 is 11.9. The predicted molar refractivity (Wildman–Crippen MR) is 132 cm³/mol. The lowest BCUT2D eigenvalue weighted by Gasteiger charge is -2.27. The highest BCUT2D eigenvalue weighted by Gasteiger charge is 2.43. The minimum atomic E-state index is -0.426. The molecule has 2 aromatic carbocycles. The van der Waals surface area contributed by atoms with Crippen LogP contribution >= 0.6 is 12.2 Å². The Bertz CT molecular complexity index is 1340. The Hall–Kier alpha value is -4.24. The van der Waals surface area contributed by atoms with Crippen LogP contribution in [0.2, 0.25) is 0 Å². The van der Waals surface area contributed by atoms with Crippen LogP contribution in [0.4, 0.5) is 11.4 Å². The van der Waals surface area contributed by atoms with Crippen molar-refractivity contribution in [3.63, 3.8) is 0 Å². The Labute approximate surface area is 201 Å². The largest absolute Gasteiger partial charge is 0.495 e. The van der Waals surface area contributed by atoms with Crippen LogP contribution in [0.25, 0.3) is 11.3 Å². The minimum Gasteiger partial charge on any atom is -0.495 e. The van der Waals surface area contributed by atoms with E-state index in [1.54, 1.807) is 25.4 Å². The zero-order chi connectivity index (χ0) is 23.7. The van der Waals surface area contributed by atoms with Gasteiger partial charge < -0.3 is 19.4 Å². The lowest BCUT2D eigenvalue weighted by molar-refractivity contribution is -0.384. The molecule has 2 atom stereocenters. The van der Waals surface area contributed by atoms with E-state index in [1.165, 1.54) is 12.1 Å². The molecule has 0 saturated carbocycles. The summed E-state index contributed by atoms with van der Waals surface area (Å²) in [4.78, 5) is 17.1. The third-order valence-electron chi connectivity index (χ3n) is 5.72. The maximum absolute atomic E-state index is 11.0. The van der Waals surface area contributed by atoms with E-state index in [0.717, 1.165) is 16.9 Å². The van der Waals surface area contributed by atoms with Gasteiger partial charge in [0.05, 0.1) is 29.5 Å². The number of nitrogens with one attached hydrogen (secondary N) is 1. The first-order valence-electron chi connectivity index (χ1n) is 10.5. The van der Waals surface area contributed by atoms with Gasteiger partial charge in [-0.3, -0.25) is 15.1 Å². The van der Waals surface area contributed by atoms with Crippen molar-refractivity contribution in [2.24, 2.45) is 0 Å². The van der Waals surface area contributed by atoms with E-state index in [4.69, 9.17) is 21.4 Å². The highest BCUT2D eigenvalue weighted by Crippen LogP contribution is 2.45. The first kappa shape index (κ1) is 21.6. The molecule has 170 valence electrons. The molecule has 1 fully saturated rings. The summed E-state index contributed by atoms with van der Waals surface area (Å²) in [5, 5.41) is 14.9. The van der Waals surface area contributed by atoms with E-state index in [2.05, 4.69) is 10.3 Å². The lowest BCUT2D eigenvalue weighted by Crippen LogP contribution is -2.29. The standard InChI is InChI=1S/C25H20N4O4S/c1-32-21-8-3-2-7-19(21)28-24(23(27-25(28)34)18-6-4-5-15-26-18)22-14-13-20(33-22)16-9-11-17(12-10-16)29(30)31/h2-15,23-24H,1H3,(H,27,34)/t23-,24-/m1/s1. The summed E-state index contributed by atoms with van der Waals surface area (Å²) in [6.07, 6.45) is 1.74. The summed E-state index contributed by atoms with van der Waals surface area (Å²) in [6.45, 7) is 0. The molecule has 4 aromatic rings. The number of ether oxygens (including phenoxy) is 1. The smallest absolute Gasteiger partial charge is 0.269 e. The maximum Gasteiger partial charge on any atom is 0.269 e. The van der Waals surface area contributed by atoms with Crippen molar-refractivity contribution in [2.75, 3.05) is 12.0 Å². The summed E-state index contributed by atoms with van der Waals surface area (Å²) in [6, 6.07) is 22.8. The number of para-hydroxylation sites is 2. The van der Waals surface area contributed by atoms with E-state index in [-0.39, 0.29) is 17.8 Å². The van der Waals surface area contributed by atoms with Gasteiger partial charge in [0.25, 0.3) is 5.69 Å². The molecular formula is C25H20N4O4S. The topological polar surface area (TPSA) is 93.7 Å². The molecule has 9 heteroatoms. The van der Waals surface area contributed by atoms with Crippen molar-refractivity contribution >= 4 is 28.7 Å². The van der Waals surface area contributed by atoms with Crippen molar-refractivity contribution in [1.82, 2.24) is 10.3 Å². The van der Waals surface area contributed by atoms with Gasteiger partial charge in [0.2, 0.25) is 0 Å². The summed E-state index contributed by atoms with van der Waals surface area (Å²) >= 11 is 5.75. The number of aromatic nitrogens is 1. The molecule has 0 spiro atoms. The number of furan rings is 1. The fraction of sp³-hybridized carbons (Fsp3) is 0.120. The van der Waals surface area contributed by atoms with Gasteiger partial charge in [0, 0.05) is 23.9 Å². The van der Waals surface area contributed by atoms with E-state index in [1.807, 2.05) is 59.5 Å². The number of nitro groups is 1. The fourth-order valence-corrected chi connectivity index (χ4v) is 4.49. The molecule has 3 heterocycles. The third-order valence-corrected chi connectivity index (χ3v) is 6.04. The maximum atomic E-state index is 11.0. The van der Waals surface area contributed by atoms with Crippen LogP contribution in [0.1, 0.15) is 23.5 Å². The summed E-state index contributed by atoms with van der Waals surface area (Å²) in [7, 11) is 1.62. The number of anilines is 1. The molecule has 5 rings (SSSR count). The van der Waals surface area contributed by atoms with Crippen LogP contribution in [0, 0.1) is 10.1 Å². The molecule has 0 radical (unpaired) electrons. The Balaban J connectivity index is 1.59. The van der Waals surface area contributed by atoms with E-state index >= 15 is 0 Å². The van der Waals surface area contributed by atoms with E-state index in [9.17, 15) is 10.1 Å². The zero-order valence-electron chi connectivity index (χ0n) is 18.1. The minimum absolute atomic E-state index is 0.0263. The van der Waals surface area contributed by atoms with Gasteiger partial charge in [0.15, 0.2) is 5.11 Å². The normalized spacial score (nSPS) is 17.4. The van der Waals surface area contributed by atoms with Crippen molar-refractivity contribution < 1.29 is 14.1 Å². The molecule has 0 aliphatic carbocycles. The second-order valence-electron chi connectivity index (χ2n) is 7.67. The third kappa shape index (κ3) is 3.86. The first-order chi connectivity index (χ1) is 16.6. The van der Waals surface area contributed by atoms with Crippen LogP contribution in [0.3, 0.4) is 0 Å². The highest BCUT2D eigenvalue weighted by molar-refractivity contribution is 7.80. The highest BCUT2D eigenvalue weighted by atomic mass is 32.1. The predicted octanol–water partition coefficient (Wildman–Crippen LogP) is 5.44. The van der Waals surface area contributed by atoms with Crippen LogP contribution < -0.4 is 15.0 Å². The molecule has 1 aliphatic rings. The number of nitro benzene ring substituents is 1. The molecule has 8 nitrogen and oxygen atoms in total. The Kier molecular flexibility index (Phi) is 5.69. The van der Waals surface area contributed by atoms with Crippen molar-refractivity contribution in [2.45, 2.75) is 12.1 Å². The summed E-state index contributed by atoms with van der Waals surface area (Å²) in [5.41, 5.74) is 2.39. The molecule has 34 heavy (non-hydrogen) atoms. The van der Waals surface area contributed by atoms with Gasteiger partial charge in [-0.1, -0.05) is 18.2 Å². The average Bonchev–Trinajstić information content (AvgIpc) is 3.49. The van der Waals surface area contributed by atoms with Crippen LogP contribution in [-0.4, -0.2) is 22.1 Å². The van der Waals surface area contributed by atoms with Crippen molar-refractivity contribution in [1.29, 1.82) is 0 Å². The molecule has 2 aromatic heterocycles. The number of pyridine rings is 1. The zero-order valence-corrected chi connectivity index (χ0v) is 18.9. The quantitative estimate of drug-likeness (QED) is 0.225. The average molecular weight is 473 g/mol. The first-order valence-corrected chi connectivity index (χ1v) is 11.0. The molecule has 1 aliphatic heterocycles. The van der Waals surface area contributed by atoms with Crippen molar-refractivity contribution in [3.05, 3.63) is 107 Å². The van der Waals surface area contributed by atoms with Gasteiger partial charge in [-0.15, -0.1) is 0 Å². The molecule has 1 saturated heterocycles. The molecule has 0 amide bonds. The molecule has 0 unspecified atom stereocenters. The number of methoxy groups -OCH3 is 1. The Morgan fingerprint density at radius 3 is 2.53 bits per heavy atom. The Morgan fingerprint density at radius 2 is 1.82 bits per heavy atom. The van der Waals surface area contributed by atoms with Gasteiger partial charge in [0.1, 0.15) is 23.3 Å². The fourth-order valence-electron chi connectivity index (χ4n) is 4.15. The number of benzene rings is 2. The SMILES string of the molecule is COc1ccccc1N1C(=S)N[C@H](c2ccccn2)[C@H]1c1ccc(-c2ccc([N+](=O)[O-])cc2)o1. The Morgan fingerprint density at radius 1 is 1.06 bits per heavy atom. The van der Waals surface area contributed by atoms with Gasteiger partial charge in [-0.05, 0) is 60.7 Å². The van der Waals surface area contributed by atoms with Gasteiger partial charge >= 0.3 is 0 Å². The number of non-ortho nitro benzene ring substituents is 1. The molecular weight excluding hydrogens is 452 g/mol. The second kappa shape index (κ2) is 8.95. The molecule has 1 N–H and O–H groups in total. The number of hydrogen-bond acceptors (Lipinski definition) is 6. The van der Waals surface area contributed by atoms with Gasteiger partial charge in [-0.25, -0.2) is 0 Å². The van der Waals surface area contributed by atoms with Crippen LogP contribution in [0.15, 0.2) is 89.5 Å². The number of nitrogens with zero attached hydrogens (tertiary/aromatic N) is 3. The van der Waals surface area contributed by atoms with Gasteiger partial charge in [-0.2, -0.15) is 0 Å². The number of rotatable bonds is 6. The van der Waals surface area contributed by atoms with E-state index < -0.39 is 4.92 Å². The van der Waals surface area contributed by atoms with Crippen LogP contribution in [0.5, 0.6) is 5.75 Å².